The van der Waals surface area contributed by atoms with E-state index in [4.69, 9.17) is 10.00 Å². The molecule has 2 heterocycles. The van der Waals surface area contributed by atoms with E-state index in [1.54, 1.807) is 26.0 Å². The summed E-state index contributed by atoms with van der Waals surface area (Å²) in [6, 6.07) is 5.79. The van der Waals surface area contributed by atoms with E-state index >= 15 is 0 Å². The molecule has 2 rings (SSSR count). The minimum atomic E-state index is -4.05. The molecule has 9 heteroatoms. The fraction of sp³-hybridized carbons (Fsp3) is 0.357. The molecule has 0 amide bonds. The molecule has 122 valence electrons. The minimum Gasteiger partial charge on any atom is -0.460 e. The van der Waals surface area contributed by atoms with Crippen molar-refractivity contribution in [1.82, 2.24) is 14.1 Å². The van der Waals surface area contributed by atoms with Gasteiger partial charge in [0.15, 0.2) is 5.03 Å². The molecule has 0 saturated heterocycles. The Labute approximate surface area is 133 Å². The van der Waals surface area contributed by atoms with Gasteiger partial charge in [0.25, 0.3) is 10.0 Å². The Hall–Kier alpha value is -2.44. The number of rotatable bonds is 6. The van der Waals surface area contributed by atoms with Gasteiger partial charge in [-0.15, -0.1) is 0 Å². The van der Waals surface area contributed by atoms with Crippen molar-refractivity contribution in [1.29, 1.82) is 5.26 Å². The maximum Gasteiger partial charge on any atom is 0.374 e. The summed E-state index contributed by atoms with van der Waals surface area (Å²) in [5.74, 6) is -0.852. The number of sulfonamides is 1. The smallest absolute Gasteiger partial charge is 0.374 e. The van der Waals surface area contributed by atoms with Gasteiger partial charge in [0.2, 0.25) is 5.82 Å². The lowest BCUT2D eigenvalue weighted by molar-refractivity contribution is 0.0511. The molecule has 1 N–H and O–H groups in total. The zero-order chi connectivity index (χ0) is 17.0. The number of carbonyl (C=O) groups excluding carboxylic acids is 1. The van der Waals surface area contributed by atoms with Gasteiger partial charge < -0.3 is 4.74 Å². The van der Waals surface area contributed by atoms with Crippen LogP contribution in [0.3, 0.4) is 0 Å². The number of imidazole rings is 1. The van der Waals surface area contributed by atoms with E-state index in [2.05, 4.69) is 9.71 Å². The maximum absolute atomic E-state index is 12.5. The van der Waals surface area contributed by atoms with Gasteiger partial charge in [-0.25, -0.2) is 18.2 Å². The van der Waals surface area contributed by atoms with Crippen LogP contribution in [-0.4, -0.2) is 36.4 Å². The van der Waals surface area contributed by atoms with Gasteiger partial charge in [0.05, 0.1) is 18.2 Å². The van der Waals surface area contributed by atoms with Gasteiger partial charge in [0.1, 0.15) is 6.04 Å². The SMILES string of the molecule is CCOC(=O)c1nc(S(=O)(=O)NC(C#N)CC)c2ccccn12. The van der Waals surface area contributed by atoms with Crippen LogP contribution in [-0.2, 0) is 14.8 Å². The molecule has 0 bridgehead atoms. The summed E-state index contributed by atoms with van der Waals surface area (Å²) in [7, 11) is -4.05. The van der Waals surface area contributed by atoms with E-state index in [1.807, 2.05) is 6.07 Å². The Kier molecular flexibility index (Phi) is 4.98. The van der Waals surface area contributed by atoms with Crippen molar-refractivity contribution in [3.05, 3.63) is 30.2 Å². The summed E-state index contributed by atoms with van der Waals surface area (Å²) in [4.78, 5) is 15.9. The molecular weight excluding hydrogens is 320 g/mol. The number of pyridine rings is 1. The third-order valence-corrected chi connectivity index (χ3v) is 4.49. The quantitative estimate of drug-likeness (QED) is 0.790. The van der Waals surface area contributed by atoms with Crippen molar-refractivity contribution in [2.75, 3.05) is 6.61 Å². The second-order valence-corrected chi connectivity index (χ2v) is 6.26. The van der Waals surface area contributed by atoms with Crippen LogP contribution < -0.4 is 4.72 Å². The van der Waals surface area contributed by atoms with Crippen molar-refractivity contribution in [2.45, 2.75) is 31.3 Å². The van der Waals surface area contributed by atoms with Crippen LogP contribution in [0.15, 0.2) is 29.4 Å². The first-order valence-corrected chi connectivity index (χ1v) is 8.49. The van der Waals surface area contributed by atoms with Gasteiger partial charge in [-0.3, -0.25) is 4.40 Å². The van der Waals surface area contributed by atoms with Crippen molar-refractivity contribution >= 4 is 21.5 Å². The zero-order valence-electron chi connectivity index (χ0n) is 12.7. The largest absolute Gasteiger partial charge is 0.460 e. The number of hydrogen-bond acceptors (Lipinski definition) is 6. The van der Waals surface area contributed by atoms with Crippen LogP contribution >= 0.6 is 0 Å². The molecule has 23 heavy (non-hydrogen) atoms. The molecule has 1 unspecified atom stereocenters. The predicted octanol–water partition coefficient (Wildman–Crippen LogP) is 1.09. The third kappa shape index (κ3) is 3.33. The Morgan fingerprint density at radius 1 is 1.48 bits per heavy atom. The van der Waals surface area contributed by atoms with Crippen molar-refractivity contribution in [2.24, 2.45) is 0 Å². The standard InChI is InChI=1S/C14H16N4O4S/c1-3-10(9-15)17-23(20,21)13-11-7-5-6-8-18(11)12(16-13)14(19)22-4-2/h5-8,10,17H,3-4H2,1-2H3. The second-order valence-electron chi connectivity index (χ2n) is 4.63. The fourth-order valence-electron chi connectivity index (χ4n) is 1.99. The molecule has 2 aromatic rings. The lowest BCUT2D eigenvalue weighted by Gasteiger charge is -2.08. The molecule has 0 aliphatic carbocycles. The van der Waals surface area contributed by atoms with Gasteiger partial charge >= 0.3 is 5.97 Å². The highest BCUT2D eigenvalue weighted by Gasteiger charge is 2.28. The van der Waals surface area contributed by atoms with E-state index in [0.717, 1.165) is 0 Å². The number of aromatic nitrogens is 2. The first-order chi connectivity index (χ1) is 10.9. The molecule has 2 aromatic heterocycles. The summed E-state index contributed by atoms with van der Waals surface area (Å²) in [6.07, 6.45) is 1.83. The maximum atomic E-state index is 12.5. The van der Waals surface area contributed by atoms with Crippen molar-refractivity contribution < 1.29 is 17.9 Å². The number of nitrogens with zero attached hydrogens (tertiary/aromatic N) is 3. The molecule has 0 fully saturated rings. The molecule has 0 saturated carbocycles. The summed E-state index contributed by atoms with van der Waals surface area (Å²) in [6.45, 7) is 3.48. The van der Waals surface area contributed by atoms with E-state index < -0.39 is 22.0 Å². The predicted molar refractivity (Wildman–Crippen MR) is 81.2 cm³/mol. The highest BCUT2D eigenvalue weighted by molar-refractivity contribution is 7.89. The van der Waals surface area contributed by atoms with Crippen molar-refractivity contribution in [3.63, 3.8) is 0 Å². The van der Waals surface area contributed by atoms with Gasteiger partial charge in [-0.1, -0.05) is 13.0 Å². The Morgan fingerprint density at radius 3 is 2.83 bits per heavy atom. The number of nitrogens with one attached hydrogen (secondary N) is 1. The molecule has 0 aliphatic rings. The Bertz CT molecular complexity index is 867. The second kappa shape index (κ2) is 6.76. The average Bonchev–Trinajstić information content (AvgIpc) is 2.93. The lowest BCUT2D eigenvalue weighted by Crippen LogP contribution is -2.33. The molecule has 0 spiro atoms. The lowest BCUT2D eigenvalue weighted by atomic mass is 10.3. The Balaban J connectivity index is 2.58. The monoisotopic (exact) mass is 336 g/mol. The normalized spacial score (nSPS) is 12.7. The third-order valence-electron chi connectivity index (χ3n) is 3.09. The number of nitriles is 1. The van der Waals surface area contributed by atoms with Gasteiger partial charge in [-0.2, -0.15) is 9.98 Å². The van der Waals surface area contributed by atoms with E-state index in [-0.39, 0.29) is 23.0 Å². The van der Waals surface area contributed by atoms with Crippen LogP contribution in [0.1, 0.15) is 30.9 Å². The van der Waals surface area contributed by atoms with E-state index in [1.165, 1.54) is 16.7 Å². The fourth-order valence-corrected chi connectivity index (χ4v) is 3.34. The van der Waals surface area contributed by atoms with Crippen LogP contribution in [0.25, 0.3) is 5.52 Å². The molecular formula is C14H16N4O4S. The summed E-state index contributed by atoms with van der Waals surface area (Å²) < 4.78 is 33.5. The number of ether oxygens (including phenoxy) is 1. The van der Waals surface area contributed by atoms with Crippen LogP contribution in [0.2, 0.25) is 0 Å². The van der Waals surface area contributed by atoms with Crippen molar-refractivity contribution in [3.8, 4) is 6.07 Å². The molecule has 0 aliphatic heterocycles. The molecule has 0 aromatic carbocycles. The zero-order valence-corrected chi connectivity index (χ0v) is 13.5. The molecule has 0 radical (unpaired) electrons. The molecule has 1 atom stereocenters. The highest BCUT2D eigenvalue weighted by atomic mass is 32.2. The highest BCUT2D eigenvalue weighted by Crippen LogP contribution is 2.19. The number of hydrogen-bond donors (Lipinski definition) is 1. The Morgan fingerprint density at radius 2 is 2.22 bits per heavy atom. The van der Waals surface area contributed by atoms with Crippen LogP contribution in [0, 0.1) is 11.3 Å². The minimum absolute atomic E-state index is 0.132. The number of fused-ring (bicyclic) bond motifs is 1. The van der Waals surface area contributed by atoms with Gasteiger partial charge in [-0.05, 0) is 25.5 Å². The topological polar surface area (TPSA) is 114 Å². The first-order valence-electron chi connectivity index (χ1n) is 7.00. The van der Waals surface area contributed by atoms with E-state index in [9.17, 15) is 13.2 Å². The van der Waals surface area contributed by atoms with Crippen LogP contribution in [0.5, 0.6) is 0 Å². The molecule has 8 nitrogen and oxygen atoms in total. The van der Waals surface area contributed by atoms with Crippen LogP contribution in [0.4, 0.5) is 0 Å². The summed E-state index contributed by atoms with van der Waals surface area (Å²) in [5, 5.41) is 8.63. The summed E-state index contributed by atoms with van der Waals surface area (Å²) in [5.41, 5.74) is 0.232. The van der Waals surface area contributed by atoms with Gasteiger partial charge in [0, 0.05) is 6.20 Å². The number of carbonyl (C=O) groups is 1. The number of esters is 1. The average molecular weight is 336 g/mol. The summed E-state index contributed by atoms with van der Waals surface area (Å²) >= 11 is 0. The first kappa shape index (κ1) is 16.9. The van der Waals surface area contributed by atoms with E-state index in [0.29, 0.717) is 6.42 Å².